The summed E-state index contributed by atoms with van der Waals surface area (Å²) < 4.78 is 16.3. The van der Waals surface area contributed by atoms with Crippen molar-refractivity contribution in [2.75, 3.05) is 20.3 Å². The van der Waals surface area contributed by atoms with E-state index in [-0.39, 0.29) is 11.4 Å². The zero-order valence-corrected chi connectivity index (χ0v) is 15.6. The van der Waals surface area contributed by atoms with Crippen molar-refractivity contribution in [2.45, 2.75) is 27.7 Å². The highest BCUT2D eigenvalue weighted by Gasteiger charge is 2.23. The van der Waals surface area contributed by atoms with Gasteiger partial charge in [0.05, 0.1) is 20.3 Å². The molecule has 1 aromatic carbocycles. The van der Waals surface area contributed by atoms with E-state index < -0.39 is 0 Å². The Morgan fingerprint density at radius 1 is 1.36 bits per heavy atom. The van der Waals surface area contributed by atoms with Gasteiger partial charge in [0.2, 0.25) is 0 Å². The van der Waals surface area contributed by atoms with Crippen LogP contribution in [0.5, 0.6) is 11.5 Å². The average molecular weight is 342 g/mol. The van der Waals surface area contributed by atoms with Crippen LogP contribution in [0, 0.1) is 5.41 Å². The summed E-state index contributed by atoms with van der Waals surface area (Å²) >= 11 is 0. The maximum atomic E-state index is 11.6. The Labute approximate surface area is 149 Å². The van der Waals surface area contributed by atoms with Crippen molar-refractivity contribution >= 4 is 11.5 Å². The van der Waals surface area contributed by atoms with E-state index in [1.165, 1.54) is 6.08 Å². The standard InChI is InChI=1S/C21H26O4/c1-6-24-20(22)11-15(2)7-8-16-13-21(3,4)14-25-19-10-9-17(23-5)12-18(16)19/h7-13H,6,14H2,1-5H3/b8-7+,15-11+. The van der Waals surface area contributed by atoms with Crippen molar-refractivity contribution in [3.05, 3.63) is 53.6 Å². The van der Waals surface area contributed by atoms with Gasteiger partial charge in [-0.2, -0.15) is 0 Å². The fourth-order valence-corrected chi connectivity index (χ4v) is 2.57. The van der Waals surface area contributed by atoms with E-state index >= 15 is 0 Å². The Morgan fingerprint density at radius 3 is 2.80 bits per heavy atom. The van der Waals surface area contributed by atoms with E-state index in [0.29, 0.717) is 13.2 Å². The highest BCUT2D eigenvalue weighted by atomic mass is 16.5. The largest absolute Gasteiger partial charge is 0.497 e. The third kappa shape index (κ3) is 5.24. The van der Waals surface area contributed by atoms with E-state index in [0.717, 1.165) is 28.2 Å². The summed E-state index contributed by atoms with van der Waals surface area (Å²) in [6.45, 7) is 8.90. The van der Waals surface area contributed by atoms with Gasteiger partial charge in [-0.3, -0.25) is 0 Å². The molecule has 1 heterocycles. The number of rotatable bonds is 5. The predicted octanol–water partition coefficient (Wildman–Crippen LogP) is 4.56. The van der Waals surface area contributed by atoms with Crippen LogP contribution >= 0.6 is 0 Å². The normalized spacial score (nSPS) is 16.5. The number of ether oxygens (including phenoxy) is 3. The SMILES string of the molecule is CCOC(=O)/C=C(C)/C=C/C1=CC(C)(C)COc2ccc(OC)cc21. The first-order valence-electron chi connectivity index (χ1n) is 8.42. The smallest absolute Gasteiger partial charge is 0.330 e. The maximum Gasteiger partial charge on any atom is 0.330 e. The molecule has 0 radical (unpaired) electrons. The molecule has 1 aliphatic heterocycles. The molecular formula is C21H26O4. The van der Waals surface area contributed by atoms with Crippen LogP contribution in [-0.2, 0) is 9.53 Å². The Hall–Kier alpha value is -2.49. The Morgan fingerprint density at radius 2 is 2.12 bits per heavy atom. The van der Waals surface area contributed by atoms with E-state index in [4.69, 9.17) is 14.2 Å². The molecule has 0 aromatic heterocycles. The molecule has 1 aliphatic rings. The van der Waals surface area contributed by atoms with Crippen molar-refractivity contribution in [1.82, 2.24) is 0 Å². The van der Waals surface area contributed by atoms with Gasteiger partial charge in [-0.25, -0.2) is 4.79 Å². The third-order valence-electron chi connectivity index (χ3n) is 3.80. The van der Waals surface area contributed by atoms with Crippen LogP contribution in [0.25, 0.3) is 5.57 Å². The molecule has 0 unspecified atom stereocenters. The first-order chi connectivity index (χ1) is 11.8. The quantitative estimate of drug-likeness (QED) is 0.447. The lowest BCUT2D eigenvalue weighted by Gasteiger charge is -2.18. The van der Waals surface area contributed by atoms with Gasteiger partial charge in [-0.1, -0.05) is 32.1 Å². The fourth-order valence-electron chi connectivity index (χ4n) is 2.57. The van der Waals surface area contributed by atoms with Crippen LogP contribution < -0.4 is 9.47 Å². The lowest BCUT2D eigenvalue weighted by molar-refractivity contribution is -0.137. The summed E-state index contributed by atoms with van der Waals surface area (Å²) in [7, 11) is 1.65. The van der Waals surface area contributed by atoms with E-state index in [1.807, 2.05) is 37.3 Å². The Balaban J connectivity index is 2.38. The highest BCUT2D eigenvalue weighted by Crippen LogP contribution is 2.37. The van der Waals surface area contributed by atoms with Gasteiger partial charge >= 0.3 is 5.97 Å². The number of hydrogen-bond donors (Lipinski definition) is 0. The second-order valence-electron chi connectivity index (χ2n) is 6.71. The van der Waals surface area contributed by atoms with Gasteiger partial charge < -0.3 is 14.2 Å². The summed E-state index contributed by atoms with van der Waals surface area (Å²) in [5.74, 6) is 1.28. The fraction of sp³-hybridized carbons (Fsp3) is 0.381. The first kappa shape index (κ1) is 18.8. The minimum atomic E-state index is -0.328. The third-order valence-corrected chi connectivity index (χ3v) is 3.80. The summed E-state index contributed by atoms with van der Waals surface area (Å²) in [6.07, 6.45) is 7.59. The molecule has 0 saturated heterocycles. The monoisotopic (exact) mass is 342 g/mol. The van der Waals surface area contributed by atoms with Crippen molar-refractivity contribution in [1.29, 1.82) is 0 Å². The number of allylic oxidation sites excluding steroid dienone is 4. The molecule has 4 heteroatoms. The first-order valence-corrected chi connectivity index (χ1v) is 8.42. The predicted molar refractivity (Wildman–Crippen MR) is 99.8 cm³/mol. The van der Waals surface area contributed by atoms with Crippen LogP contribution in [0.3, 0.4) is 0 Å². The summed E-state index contributed by atoms with van der Waals surface area (Å²) in [4.78, 5) is 11.6. The molecule has 0 atom stereocenters. The Kier molecular flexibility index (Phi) is 6.07. The van der Waals surface area contributed by atoms with Crippen LogP contribution in [0.15, 0.2) is 48.1 Å². The summed E-state index contributed by atoms with van der Waals surface area (Å²) in [5, 5.41) is 0. The van der Waals surface area contributed by atoms with Gasteiger partial charge in [0.1, 0.15) is 11.5 Å². The minimum absolute atomic E-state index is 0.106. The van der Waals surface area contributed by atoms with Crippen molar-refractivity contribution in [3.8, 4) is 11.5 Å². The Bertz CT molecular complexity index is 723. The molecule has 2 rings (SSSR count). The molecule has 0 bridgehead atoms. The van der Waals surface area contributed by atoms with Crippen molar-refractivity contribution in [3.63, 3.8) is 0 Å². The number of carbonyl (C=O) groups is 1. The molecular weight excluding hydrogens is 316 g/mol. The van der Waals surface area contributed by atoms with Crippen LogP contribution in [0.4, 0.5) is 0 Å². The van der Waals surface area contributed by atoms with Gasteiger partial charge in [-0.05, 0) is 43.2 Å². The number of hydrogen-bond acceptors (Lipinski definition) is 4. The van der Waals surface area contributed by atoms with Crippen LogP contribution in [0.1, 0.15) is 33.3 Å². The zero-order chi connectivity index (χ0) is 18.4. The number of fused-ring (bicyclic) bond motifs is 1. The number of methoxy groups -OCH3 is 1. The number of esters is 1. The molecule has 4 nitrogen and oxygen atoms in total. The van der Waals surface area contributed by atoms with E-state index in [2.05, 4.69) is 19.9 Å². The second kappa shape index (κ2) is 8.06. The molecule has 25 heavy (non-hydrogen) atoms. The molecule has 0 spiro atoms. The summed E-state index contributed by atoms with van der Waals surface area (Å²) in [5.41, 5.74) is 2.73. The molecule has 134 valence electrons. The molecule has 1 aromatic rings. The zero-order valence-electron chi connectivity index (χ0n) is 15.6. The average Bonchev–Trinajstić information content (AvgIpc) is 2.69. The van der Waals surface area contributed by atoms with Crippen molar-refractivity contribution in [2.24, 2.45) is 5.41 Å². The van der Waals surface area contributed by atoms with Crippen molar-refractivity contribution < 1.29 is 19.0 Å². The van der Waals surface area contributed by atoms with Crippen LogP contribution in [-0.4, -0.2) is 26.3 Å². The second-order valence-corrected chi connectivity index (χ2v) is 6.71. The van der Waals surface area contributed by atoms with E-state index in [1.54, 1.807) is 14.0 Å². The van der Waals surface area contributed by atoms with E-state index in [9.17, 15) is 4.79 Å². The molecule has 0 N–H and O–H groups in total. The van der Waals surface area contributed by atoms with Gasteiger partial charge in [0, 0.05) is 17.1 Å². The number of benzene rings is 1. The van der Waals surface area contributed by atoms with Gasteiger partial charge in [0.25, 0.3) is 0 Å². The molecule has 0 aliphatic carbocycles. The highest BCUT2D eigenvalue weighted by molar-refractivity contribution is 5.84. The van der Waals surface area contributed by atoms with Gasteiger partial charge in [0.15, 0.2) is 0 Å². The lowest BCUT2D eigenvalue weighted by atomic mass is 9.90. The maximum absolute atomic E-state index is 11.6. The molecule has 0 saturated carbocycles. The molecule has 0 fully saturated rings. The summed E-state index contributed by atoms with van der Waals surface area (Å²) in [6, 6.07) is 5.79. The topological polar surface area (TPSA) is 44.8 Å². The number of carbonyl (C=O) groups excluding carboxylic acids is 1. The molecule has 0 amide bonds. The minimum Gasteiger partial charge on any atom is -0.497 e. The van der Waals surface area contributed by atoms with Gasteiger partial charge in [-0.15, -0.1) is 0 Å². The lowest BCUT2D eigenvalue weighted by Crippen LogP contribution is -2.17. The van der Waals surface area contributed by atoms with Crippen LogP contribution in [0.2, 0.25) is 0 Å².